The van der Waals surface area contributed by atoms with Crippen LogP contribution in [0.2, 0.25) is 0 Å². The van der Waals surface area contributed by atoms with E-state index >= 15 is 0 Å². The van der Waals surface area contributed by atoms with Gasteiger partial charge < -0.3 is 10.4 Å². The highest BCUT2D eigenvalue weighted by atomic mass is 16.4. The van der Waals surface area contributed by atoms with Crippen molar-refractivity contribution in [1.29, 1.82) is 0 Å². The van der Waals surface area contributed by atoms with Crippen LogP contribution in [0.5, 0.6) is 0 Å². The summed E-state index contributed by atoms with van der Waals surface area (Å²) in [5.74, 6) is -0.933. The minimum atomic E-state index is -0.879. The quantitative estimate of drug-likeness (QED) is 0.770. The number of hydrogen-bond donors (Lipinski definition) is 3. The van der Waals surface area contributed by atoms with Gasteiger partial charge in [0.15, 0.2) is 0 Å². The number of aliphatic carboxylic acids is 1. The van der Waals surface area contributed by atoms with Gasteiger partial charge in [0.1, 0.15) is 5.54 Å². The predicted octanol–water partition coefficient (Wildman–Crippen LogP) is 1.20. The van der Waals surface area contributed by atoms with Crippen molar-refractivity contribution >= 4 is 17.6 Å². The lowest BCUT2D eigenvalue weighted by Crippen LogP contribution is -2.49. The molecule has 1 aromatic carbocycles. The van der Waals surface area contributed by atoms with Crippen molar-refractivity contribution in [3.63, 3.8) is 0 Å². The van der Waals surface area contributed by atoms with Crippen LogP contribution in [0, 0.1) is 0 Å². The summed E-state index contributed by atoms with van der Waals surface area (Å²) in [7, 11) is 0. The van der Waals surface area contributed by atoms with Gasteiger partial charge in [-0.3, -0.25) is 9.59 Å². The molecular weight excluding hydrogens is 258 g/mol. The number of benzene rings is 1. The van der Waals surface area contributed by atoms with E-state index in [1.54, 1.807) is 6.92 Å². The molecule has 0 aliphatic carbocycles. The molecule has 6 heteroatoms. The Balaban J connectivity index is 1.95. The Bertz CT molecular complexity index is 515. The molecular formula is C14H19N3O3. The second kappa shape index (κ2) is 5.60. The SMILES string of the molecule is CC(=O)Nc1ccc(CN2CCC(C)(C(=O)O)N2)cc1. The number of amides is 1. The molecule has 3 N–H and O–H groups in total. The number of nitrogens with one attached hydrogen (secondary N) is 2. The van der Waals surface area contributed by atoms with Crippen molar-refractivity contribution in [1.82, 2.24) is 10.4 Å². The summed E-state index contributed by atoms with van der Waals surface area (Å²) in [6, 6.07) is 7.51. The molecule has 0 spiro atoms. The third-order valence-corrected chi connectivity index (χ3v) is 3.41. The van der Waals surface area contributed by atoms with Crippen LogP contribution in [0.25, 0.3) is 0 Å². The van der Waals surface area contributed by atoms with Crippen molar-refractivity contribution in [2.45, 2.75) is 32.4 Å². The third kappa shape index (κ3) is 3.34. The largest absolute Gasteiger partial charge is 0.480 e. The lowest BCUT2D eigenvalue weighted by atomic mass is 10.0. The van der Waals surface area contributed by atoms with Crippen LogP contribution in [0.4, 0.5) is 5.69 Å². The van der Waals surface area contributed by atoms with Gasteiger partial charge in [-0.25, -0.2) is 10.4 Å². The first-order valence-electron chi connectivity index (χ1n) is 6.52. The van der Waals surface area contributed by atoms with E-state index < -0.39 is 11.5 Å². The van der Waals surface area contributed by atoms with Gasteiger partial charge in [0.2, 0.25) is 5.91 Å². The van der Waals surface area contributed by atoms with Crippen molar-refractivity contribution in [2.75, 3.05) is 11.9 Å². The normalized spacial score (nSPS) is 22.7. The molecule has 1 amide bonds. The number of hydrogen-bond acceptors (Lipinski definition) is 4. The van der Waals surface area contributed by atoms with Crippen LogP contribution in [0.15, 0.2) is 24.3 Å². The molecule has 1 saturated heterocycles. The van der Waals surface area contributed by atoms with Gasteiger partial charge in [-0.05, 0) is 31.0 Å². The Morgan fingerprint density at radius 2 is 2.05 bits per heavy atom. The standard InChI is InChI=1S/C14H19N3O3/c1-10(18)15-12-5-3-11(4-6-12)9-17-8-7-14(2,16-17)13(19)20/h3-6,16H,7-9H2,1-2H3,(H,15,18)(H,19,20). The predicted molar refractivity (Wildman–Crippen MR) is 74.9 cm³/mol. The van der Waals surface area contributed by atoms with Crippen molar-refractivity contribution in [3.05, 3.63) is 29.8 Å². The summed E-state index contributed by atoms with van der Waals surface area (Å²) in [4.78, 5) is 22.1. The molecule has 1 aliphatic heterocycles. The summed E-state index contributed by atoms with van der Waals surface area (Å²) >= 11 is 0. The summed E-state index contributed by atoms with van der Waals surface area (Å²) in [5, 5.41) is 13.8. The van der Waals surface area contributed by atoms with Crippen molar-refractivity contribution in [3.8, 4) is 0 Å². The molecule has 6 nitrogen and oxygen atoms in total. The first kappa shape index (κ1) is 14.5. The number of anilines is 1. The molecule has 1 unspecified atom stereocenters. The Morgan fingerprint density at radius 3 is 2.55 bits per heavy atom. The molecule has 0 radical (unpaired) electrons. The van der Waals surface area contributed by atoms with Crippen LogP contribution in [-0.2, 0) is 16.1 Å². The van der Waals surface area contributed by atoms with Crippen LogP contribution in [0.3, 0.4) is 0 Å². The number of carbonyl (C=O) groups excluding carboxylic acids is 1. The Hall–Kier alpha value is -1.92. The molecule has 1 heterocycles. The zero-order chi connectivity index (χ0) is 14.8. The lowest BCUT2D eigenvalue weighted by Gasteiger charge is -2.22. The van der Waals surface area contributed by atoms with E-state index in [9.17, 15) is 9.59 Å². The van der Waals surface area contributed by atoms with Crippen molar-refractivity contribution in [2.24, 2.45) is 0 Å². The summed E-state index contributed by atoms with van der Waals surface area (Å²) in [6.07, 6.45) is 0.576. The van der Waals surface area contributed by atoms with Gasteiger partial charge in [0.25, 0.3) is 0 Å². The fourth-order valence-electron chi connectivity index (χ4n) is 2.21. The first-order valence-corrected chi connectivity index (χ1v) is 6.52. The maximum atomic E-state index is 11.1. The lowest BCUT2D eigenvalue weighted by molar-refractivity contribution is -0.144. The molecule has 0 saturated carbocycles. The Morgan fingerprint density at radius 1 is 1.40 bits per heavy atom. The first-order chi connectivity index (χ1) is 9.39. The monoisotopic (exact) mass is 277 g/mol. The average molecular weight is 277 g/mol. The number of rotatable bonds is 4. The molecule has 1 aliphatic rings. The highest BCUT2D eigenvalue weighted by Gasteiger charge is 2.39. The smallest absolute Gasteiger partial charge is 0.324 e. The van der Waals surface area contributed by atoms with E-state index in [4.69, 9.17) is 5.11 Å². The second-order valence-electron chi connectivity index (χ2n) is 5.30. The Labute approximate surface area is 117 Å². The van der Waals surface area contributed by atoms with Crippen LogP contribution in [0.1, 0.15) is 25.8 Å². The van der Waals surface area contributed by atoms with Gasteiger partial charge in [-0.2, -0.15) is 0 Å². The van der Waals surface area contributed by atoms with Gasteiger partial charge in [-0.15, -0.1) is 0 Å². The minimum Gasteiger partial charge on any atom is -0.480 e. The number of nitrogens with zero attached hydrogens (tertiary/aromatic N) is 1. The Kier molecular flexibility index (Phi) is 4.06. The van der Waals surface area contributed by atoms with Crippen LogP contribution >= 0.6 is 0 Å². The minimum absolute atomic E-state index is 0.101. The van der Waals surface area contributed by atoms with Crippen LogP contribution in [-0.4, -0.2) is 34.1 Å². The van der Waals surface area contributed by atoms with E-state index in [-0.39, 0.29) is 5.91 Å². The maximum absolute atomic E-state index is 11.1. The van der Waals surface area contributed by atoms with Gasteiger partial charge in [0.05, 0.1) is 0 Å². The average Bonchev–Trinajstić information content (AvgIpc) is 2.74. The fraction of sp³-hybridized carbons (Fsp3) is 0.429. The van der Waals surface area contributed by atoms with Gasteiger partial charge >= 0.3 is 5.97 Å². The van der Waals surface area contributed by atoms with E-state index in [1.807, 2.05) is 29.3 Å². The van der Waals surface area contributed by atoms with E-state index in [0.717, 1.165) is 11.3 Å². The third-order valence-electron chi connectivity index (χ3n) is 3.41. The highest BCUT2D eigenvalue weighted by molar-refractivity contribution is 5.88. The zero-order valence-electron chi connectivity index (χ0n) is 11.6. The zero-order valence-corrected chi connectivity index (χ0v) is 11.6. The summed E-state index contributed by atoms with van der Waals surface area (Å²) in [5.41, 5.74) is 3.96. The molecule has 20 heavy (non-hydrogen) atoms. The number of hydrazine groups is 1. The maximum Gasteiger partial charge on any atom is 0.324 e. The van der Waals surface area contributed by atoms with E-state index in [1.165, 1.54) is 6.92 Å². The van der Waals surface area contributed by atoms with Gasteiger partial charge in [0, 0.05) is 25.7 Å². The number of carboxylic acid groups (broad SMARTS) is 1. The van der Waals surface area contributed by atoms with Crippen molar-refractivity contribution < 1.29 is 14.7 Å². The molecule has 2 rings (SSSR count). The molecule has 1 fully saturated rings. The summed E-state index contributed by atoms with van der Waals surface area (Å²) < 4.78 is 0. The molecule has 1 atom stereocenters. The van der Waals surface area contributed by atoms with E-state index in [2.05, 4.69) is 10.7 Å². The molecule has 0 bridgehead atoms. The number of carbonyl (C=O) groups is 2. The summed E-state index contributed by atoms with van der Waals surface area (Å²) in [6.45, 7) is 4.48. The molecule has 1 aromatic rings. The van der Waals surface area contributed by atoms with Crippen LogP contribution < -0.4 is 10.7 Å². The van der Waals surface area contributed by atoms with Gasteiger partial charge in [-0.1, -0.05) is 12.1 Å². The highest BCUT2D eigenvalue weighted by Crippen LogP contribution is 2.20. The second-order valence-corrected chi connectivity index (χ2v) is 5.30. The topological polar surface area (TPSA) is 81.7 Å². The molecule has 108 valence electrons. The number of carboxylic acids is 1. The van der Waals surface area contributed by atoms with E-state index in [0.29, 0.717) is 19.5 Å². The molecule has 0 aromatic heterocycles. The fourth-order valence-corrected chi connectivity index (χ4v) is 2.21.